The van der Waals surface area contributed by atoms with Gasteiger partial charge >= 0.3 is 5.69 Å². The van der Waals surface area contributed by atoms with Crippen LogP contribution in [0.2, 0.25) is 0 Å². The summed E-state index contributed by atoms with van der Waals surface area (Å²) in [6, 6.07) is 18.3. The van der Waals surface area contributed by atoms with Gasteiger partial charge in [-0.2, -0.15) is 0 Å². The molecule has 10 nitrogen and oxygen atoms in total. The van der Waals surface area contributed by atoms with Crippen molar-refractivity contribution in [1.82, 2.24) is 19.8 Å². The Morgan fingerprint density at radius 3 is 2.51 bits per heavy atom. The van der Waals surface area contributed by atoms with Crippen molar-refractivity contribution in [1.29, 1.82) is 0 Å². The number of hydrogen-bond acceptors (Lipinski definition) is 6. The van der Waals surface area contributed by atoms with Crippen LogP contribution in [0.15, 0.2) is 76.3 Å². The number of hydrogen-bond donors (Lipinski definition) is 2. The lowest BCUT2D eigenvalue weighted by Gasteiger charge is -2.16. The second kappa shape index (κ2) is 10.9. The maximum Gasteiger partial charge on any atom is 0.336 e. The zero-order valence-corrected chi connectivity index (χ0v) is 21.6. The lowest BCUT2D eigenvalue weighted by atomic mass is 10.1. The first-order valence-electron chi connectivity index (χ1n) is 12.7. The van der Waals surface area contributed by atoms with Gasteiger partial charge in [0.05, 0.1) is 16.6 Å². The minimum Gasteiger partial charge on any atom is -0.454 e. The van der Waals surface area contributed by atoms with E-state index in [0.717, 1.165) is 16.6 Å². The highest BCUT2D eigenvalue weighted by Crippen LogP contribution is 2.32. The first-order chi connectivity index (χ1) is 18.9. The van der Waals surface area contributed by atoms with Crippen molar-refractivity contribution in [2.45, 2.75) is 39.4 Å². The van der Waals surface area contributed by atoms with Crippen molar-refractivity contribution in [3.63, 3.8) is 0 Å². The van der Waals surface area contributed by atoms with Gasteiger partial charge in [-0.15, -0.1) is 0 Å². The Balaban J connectivity index is 1.52. The summed E-state index contributed by atoms with van der Waals surface area (Å²) in [5.74, 6) is 0.492. The van der Waals surface area contributed by atoms with Crippen LogP contribution in [-0.2, 0) is 17.9 Å². The fourth-order valence-electron chi connectivity index (χ4n) is 4.37. The van der Waals surface area contributed by atoms with E-state index in [9.17, 15) is 19.2 Å². The summed E-state index contributed by atoms with van der Waals surface area (Å²) in [6.07, 6.45) is 0.721. The number of ether oxygens (including phenoxy) is 2. The van der Waals surface area contributed by atoms with Crippen LogP contribution < -0.4 is 31.4 Å². The molecule has 0 spiro atoms. The molecule has 1 atom stereocenters. The zero-order chi connectivity index (χ0) is 27.5. The van der Waals surface area contributed by atoms with Crippen LogP contribution in [0.4, 0.5) is 0 Å². The number of amides is 2. The summed E-state index contributed by atoms with van der Waals surface area (Å²) < 4.78 is 13.0. The van der Waals surface area contributed by atoms with E-state index in [1.165, 1.54) is 22.8 Å². The third-order valence-electron chi connectivity index (χ3n) is 6.63. The van der Waals surface area contributed by atoms with Gasteiger partial charge in [-0.3, -0.25) is 19.0 Å². The SMILES string of the molecule is CCC(C)NC(=O)Cn1c(=O)n(-c2ccccc2)c(=O)c2ccc(C(=O)NCc3ccc4c(c3)OCO4)cc21. The Morgan fingerprint density at radius 2 is 1.74 bits per heavy atom. The van der Waals surface area contributed by atoms with Gasteiger partial charge in [0.2, 0.25) is 12.7 Å². The summed E-state index contributed by atoms with van der Waals surface area (Å²) in [6.45, 7) is 3.89. The predicted octanol–water partition coefficient (Wildman–Crippen LogP) is 2.73. The number of nitrogens with one attached hydrogen (secondary N) is 2. The number of benzene rings is 3. The fraction of sp³-hybridized carbons (Fsp3) is 0.241. The summed E-state index contributed by atoms with van der Waals surface area (Å²) in [7, 11) is 0. The molecule has 4 aromatic rings. The lowest BCUT2D eigenvalue weighted by molar-refractivity contribution is -0.122. The summed E-state index contributed by atoms with van der Waals surface area (Å²) in [5.41, 5.74) is 0.444. The Morgan fingerprint density at radius 1 is 0.974 bits per heavy atom. The standard InChI is InChI=1S/C29H28N4O6/c1-3-18(2)31-26(34)16-32-23-14-20(27(35)30-15-19-9-12-24-25(13-19)39-17-38-24)10-11-22(23)28(36)33(29(32)37)21-7-5-4-6-8-21/h4-14,18H,3,15-17H2,1-2H3,(H,30,35)(H,31,34). The molecule has 200 valence electrons. The number of rotatable bonds is 8. The molecule has 10 heteroatoms. The average Bonchev–Trinajstić information content (AvgIpc) is 3.42. The molecule has 0 saturated heterocycles. The van der Waals surface area contributed by atoms with Crippen LogP contribution in [0.3, 0.4) is 0 Å². The Kier molecular flexibility index (Phi) is 7.18. The Bertz CT molecular complexity index is 1680. The van der Waals surface area contributed by atoms with Gasteiger partial charge < -0.3 is 20.1 Å². The second-order valence-electron chi connectivity index (χ2n) is 9.32. The number of carbonyl (C=O) groups excluding carboxylic acids is 2. The van der Waals surface area contributed by atoms with Crippen LogP contribution in [0.1, 0.15) is 36.2 Å². The second-order valence-corrected chi connectivity index (χ2v) is 9.32. The summed E-state index contributed by atoms with van der Waals surface area (Å²) >= 11 is 0. The Labute approximate surface area is 223 Å². The van der Waals surface area contributed by atoms with Gasteiger partial charge in [0.15, 0.2) is 11.5 Å². The van der Waals surface area contributed by atoms with E-state index >= 15 is 0 Å². The number of aromatic nitrogens is 2. The molecule has 2 amide bonds. The van der Waals surface area contributed by atoms with Crippen LogP contribution >= 0.6 is 0 Å². The van der Waals surface area contributed by atoms with E-state index in [4.69, 9.17) is 9.47 Å². The third kappa shape index (κ3) is 5.26. The highest BCUT2D eigenvalue weighted by Gasteiger charge is 2.19. The molecule has 0 bridgehead atoms. The van der Waals surface area contributed by atoms with E-state index < -0.39 is 17.2 Å². The maximum absolute atomic E-state index is 13.6. The van der Waals surface area contributed by atoms with Gasteiger partial charge in [-0.1, -0.05) is 31.2 Å². The van der Waals surface area contributed by atoms with Gasteiger partial charge in [-0.25, -0.2) is 9.36 Å². The molecule has 0 aliphatic carbocycles. The molecule has 0 fully saturated rings. The average molecular weight is 529 g/mol. The molecule has 2 heterocycles. The highest BCUT2D eigenvalue weighted by molar-refractivity contribution is 5.98. The van der Waals surface area contributed by atoms with Crippen molar-refractivity contribution in [3.8, 4) is 17.2 Å². The van der Waals surface area contributed by atoms with E-state index in [1.54, 1.807) is 42.5 Å². The quantitative estimate of drug-likeness (QED) is 0.363. The van der Waals surface area contributed by atoms with E-state index in [0.29, 0.717) is 17.2 Å². The van der Waals surface area contributed by atoms with Gasteiger partial charge in [0.1, 0.15) is 6.54 Å². The van der Waals surface area contributed by atoms with Crippen LogP contribution in [0, 0.1) is 0 Å². The zero-order valence-electron chi connectivity index (χ0n) is 21.6. The molecule has 1 unspecified atom stereocenters. The van der Waals surface area contributed by atoms with Crippen molar-refractivity contribution < 1.29 is 19.1 Å². The molecule has 0 radical (unpaired) electrons. The molecule has 1 aliphatic heterocycles. The molecular weight excluding hydrogens is 500 g/mol. The molecule has 1 aromatic heterocycles. The van der Waals surface area contributed by atoms with Gasteiger partial charge in [0, 0.05) is 18.2 Å². The maximum atomic E-state index is 13.6. The number of carbonyl (C=O) groups is 2. The lowest BCUT2D eigenvalue weighted by Crippen LogP contribution is -2.43. The number of fused-ring (bicyclic) bond motifs is 2. The third-order valence-corrected chi connectivity index (χ3v) is 6.63. The van der Waals surface area contributed by atoms with Crippen LogP contribution in [-0.4, -0.2) is 33.8 Å². The van der Waals surface area contributed by atoms with Crippen molar-refractivity contribution in [2.24, 2.45) is 0 Å². The van der Waals surface area contributed by atoms with Crippen LogP contribution in [0.25, 0.3) is 16.6 Å². The van der Waals surface area contributed by atoms with Gasteiger partial charge in [0.25, 0.3) is 11.5 Å². The number of nitrogens with zero attached hydrogens (tertiary/aromatic N) is 2. The predicted molar refractivity (Wildman–Crippen MR) is 145 cm³/mol. The molecular formula is C29H28N4O6. The molecule has 39 heavy (non-hydrogen) atoms. The molecule has 2 N–H and O–H groups in total. The molecule has 5 rings (SSSR count). The largest absolute Gasteiger partial charge is 0.454 e. The van der Waals surface area contributed by atoms with E-state index in [1.807, 2.05) is 19.9 Å². The summed E-state index contributed by atoms with van der Waals surface area (Å²) in [5, 5.41) is 5.91. The Hall–Kier alpha value is -4.86. The van der Waals surface area contributed by atoms with E-state index in [2.05, 4.69) is 10.6 Å². The minimum absolute atomic E-state index is 0.0861. The monoisotopic (exact) mass is 528 g/mol. The van der Waals surface area contributed by atoms with Crippen molar-refractivity contribution in [2.75, 3.05) is 6.79 Å². The van der Waals surface area contributed by atoms with E-state index in [-0.39, 0.29) is 48.3 Å². The summed E-state index contributed by atoms with van der Waals surface area (Å²) in [4.78, 5) is 52.9. The fourth-order valence-corrected chi connectivity index (χ4v) is 4.37. The number of para-hydroxylation sites is 1. The molecule has 1 aliphatic rings. The van der Waals surface area contributed by atoms with Crippen molar-refractivity contribution in [3.05, 3.63) is 98.7 Å². The molecule has 0 saturated carbocycles. The van der Waals surface area contributed by atoms with Crippen LogP contribution in [0.5, 0.6) is 11.5 Å². The normalized spacial score (nSPS) is 12.8. The first kappa shape index (κ1) is 25.8. The van der Waals surface area contributed by atoms with Gasteiger partial charge in [-0.05, 0) is 61.4 Å². The highest BCUT2D eigenvalue weighted by atomic mass is 16.7. The smallest absolute Gasteiger partial charge is 0.336 e. The van der Waals surface area contributed by atoms with Crippen molar-refractivity contribution >= 4 is 22.7 Å². The molecule has 3 aromatic carbocycles. The minimum atomic E-state index is -0.670. The first-order valence-corrected chi connectivity index (χ1v) is 12.7. The topological polar surface area (TPSA) is 121 Å².